The summed E-state index contributed by atoms with van der Waals surface area (Å²) >= 11 is 0. The fourth-order valence-electron chi connectivity index (χ4n) is 2.00. The molecule has 0 spiro atoms. The van der Waals surface area contributed by atoms with Crippen molar-refractivity contribution in [1.29, 1.82) is 0 Å². The van der Waals surface area contributed by atoms with Gasteiger partial charge in [-0.1, -0.05) is 49.4 Å². The molecule has 0 bridgehead atoms. The number of rotatable bonds is 4. The Hall–Kier alpha value is -1.87. The molecule has 0 aromatic heterocycles. The zero-order valence-electron chi connectivity index (χ0n) is 10.3. The third-order valence-corrected chi connectivity index (χ3v) is 3.32. The fourth-order valence-corrected chi connectivity index (χ4v) is 2.00. The van der Waals surface area contributed by atoms with Crippen LogP contribution in [0.5, 0.6) is 0 Å². The number of hydrogen-bond acceptors (Lipinski definition) is 2. The summed E-state index contributed by atoms with van der Waals surface area (Å²) in [6, 6.07) is 13.9. The molecule has 2 atom stereocenters. The largest absolute Gasteiger partial charge is 0.481 e. The average Bonchev–Trinajstić information content (AvgIpc) is 2.37. The number of carbonyl (C=O) groups is 1. The molecular weight excluding hydrogens is 226 g/mol. The molecule has 2 rings (SSSR count). The lowest BCUT2D eigenvalue weighted by Gasteiger charge is -2.16. The van der Waals surface area contributed by atoms with Crippen LogP contribution >= 0.6 is 0 Å². The molecule has 0 heterocycles. The highest BCUT2D eigenvalue weighted by Gasteiger charge is 2.19. The summed E-state index contributed by atoms with van der Waals surface area (Å²) in [5, 5.41) is 11.3. The minimum atomic E-state index is -0.844. The van der Waals surface area contributed by atoms with E-state index in [0.29, 0.717) is 6.42 Å². The number of aliphatic carboxylic acids is 1. The van der Waals surface area contributed by atoms with Crippen molar-refractivity contribution in [3.05, 3.63) is 48.0 Å². The van der Waals surface area contributed by atoms with Crippen LogP contribution in [0.4, 0.5) is 0 Å². The maximum Gasteiger partial charge on any atom is 0.307 e. The molecule has 3 heteroatoms. The van der Waals surface area contributed by atoms with E-state index in [9.17, 15) is 4.79 Å². The van der Waals surface area contributed by atoms with Crippen LogP contribution in [0.3, 0.4) is 0 Å². The fraction of sp³-hybridized carbons (Fsp3) is 0.267. The van der Waals surface area contributed by atoms with Crippen LogP contribution in [0.2, 0.25) is 0 Å². The number of benzene rings is 2. The van der Waals surface area contributed by atoms with Gasteiger partial charge in [-0.3, -0.25) is 4.79 Å². The third-order valence-electron chi connectivity index (χ3n) is 3.32. The number of fused-ring (bicyclic) bond motifs is 1. The SMILES string of the molecule is CC(C(=O)O)[C@@H](N)Cc1ccc2ccccc2c1. The van der Waals surface area contributed by atoms with Gasteiger partial charge in [0.1, 0.15) is 0 Å². The zero-order valence-corrected chi connectivity index (χ0v) is 10.3. The van der Waals surface area contributed by atoms with Gasteiger partial charge < -0.3 is 10.8 Å². The highest BCUT2D eigenvalue weighted by atomic mass is 16.4. The van der Waals surface area contributed by atoms with Gasteiger partial charge in [-0.05, 0) is 22.8 Å². The molecule has 0 aliphatic rings. The molecular formula is C15H17NO2. The summed E-state index contributed by atoms with van der Waals surface area (Å²) in [5.74, 6) is -1.38. The Labute approximate surface area is 106 Å². The minimum Gasteiger partial charge on any atom is -0.481 e. The van der Waals surface area contributed by atoms with E-state index >= 15 is 0 Å². The van der Waals surface area contributed by atoms with E-state index in [0.717, 1.165) is 10.9 Å². The molecule has 0 amide bonds. The van der Waals surface area contributed by atoms with Gasteiger partial charge in [0.15, 0.2) is 0 Å². The van der Waals surface area contributed by atoms with Crippen LogP contribution < -0.4 is 5.73 Å². The number of hydrogen-bond donors (Lipinski definition) is 2. The molecule has 1 unspecified atom stereocenters. The standard InChI is InChI=1S/C15H17NO2/c1-10(15(17)18)14(16)9-11-6-7-12-4-2-3-5-13(12)8-11/h2-8,10,14H,9,16H2,1H3,(H,17,18)/t10?,14-/m0/s1. The van der Waals surface area contributed by atoms with Gasteiger partial charge in [-0.25, -0.2) is 0 Å². The van der Waals surface area contributed by atoms with E-state index in [4.69, 9.17) is 10.8 Å². The van der Waals surface area contributed by atoms with E-state index < -0.39 is 11.9 Å². The van der Waals surface area contributed by atoms with Gasteiger partial charge in [-0.15, -0.1) is 0 Å². The Morgan fingerprint density at radius 1 is 1.22 bits per heavy atom. The molecule has 0 saturated carbocycles. The zero-order chi connectivity index (χ0) is 13.1. The Morgan fingerprint density at radius 3 is 2.56 bits per heavy atom. The highest BCUT2D eigenvalue weighted by molar-refractivity contribution is 5.83. The van der Waals surface area contributed by atoms with Gasteiger partial charge in [0.2, 0.25) is 0 Å². The van der Waals surface area contributed by atoms with Crippen LogP contribution in [0.25, 0.3) is 10.8 Å². The topological polar surface area (TPSA) is 63.3 Å². The Kier molecular flexibility index (Phi) is 3.63. The lowest BCUT2D eigenvalue weighted by atomic mass is 9.95. The average molecular weight is 243 g/mol. The predicted octanol–water partition coefficient (Wildman–Crippen LogP) is 2.43. The molecule has 2 aromatic rings. The molecule has 94 valence electrons. The molecule has 3 nitrogen and oxygen atoms in total. The molecule has 0 radical (unpaired) electrons. The van der Waals surface area contributed by atoms with Crippen LogP contribution in [0, 0.1) is 5.92 Å². The van der Waals surface area contributed by atoms with Crippen molar-refractivity contribution in [2.24, 2.45) is 11.7 Å². The summed E-state index contributed by atoms with van der Waals surface area (Å²) in [4.78, 5) is 10.9. The first-order valence-electron chi connectivity index (χ1n) is 6.04. The van der Waals surface area contributed by atoms with E-state index in [1.165, 1.54) is 5.39 Å². The maximum atomic E-state index is 10.9. The second-order valence-electron chi connectivity index (χ2n) is 4.68. The van der Waals surface area contributed by atoms with Crippen molar-refractivity contribution in [2.45, 2.75) is 19.4 Å². The molecule has 3 N–H and O–H groups in total. The van der Waals surface area contributed by atoms with E-state index in [-0.39, 0.29) is 6.04 Å². The first kappa shape index (κ1) is 12.6. The van der Waals surface area contributed by atoms with Gasteiger partial charge in [0.25, 0.3) is 0 Å². The Bertz CT molecular complexity index is 565. The predicted molar refractivity (Wildman–Crippen MR) is 72.4 cm³/mol. The summed E-state index contributed by atoms with van der Waals surface area (Å²) in [6.07, 6.45) is 0.582. The smallest absolute Gasteiger partial charge is 0.307 e. The highest BCUT2D eigenvalue weighted by Crippen LogP contribution is 2.17. The van der Waals surface area contributed by atoms with Crippen molar-refractivity contribution in [3.63, 3.8) is 0 Å². The van der Waals surface area contributed by atoms with Crippen LogP contribution in [0.15, 0.2) is 42.5 Å². The minimum absolute atomic E-state index is 0.358. The molecule has 0 aliphatic heterocycles. The Balaban J connectivity index is 2.19. The van der Waals surface area contributed by atoms with Crippen LogP contribution in [-0.2, 0) is 11.2 Å². The van der Waals surface area contributed by atoms with Gasteiger partial charge in [0, 0.05) is 6.04 Å². The summed E-state index contributed by atoms with van der Waals surface area (Å²) < 4.78 is 0. The summed E-state index contributed by atoms with van der Waals surface area (Å²) in [6.45, 7) is 1.65. The number of carboxylic acids is 1. The Morgan fingerprint density at radius 2 is 1.89 bits per heavy atom. The first-order chi connectivity index (χ1) is 8.58. The monoisotopic (exact) mass is 243 g/mol. The van der Waals surface area contributed by atoms with Crippen molar-refractivity contribution in [1.82, 2.24) is 0 Å². The second kappa shape index (κ2) is 5.19. The van der Waals surface area contributed by atoms with Crippen LogP contribution in [-0.4, -0.2) is 17.1 Å². The third kappa shape index (κ3) is 2.68. The van der Waals surface area contributed by atoms with Crippen LogP contribution in [0.1, 0.15) is 12.5 Å². The maximum absolute atomic E-state index is 10.9. The summed E-state index contributed by atoms with van der Waals surface area (Å²) in [5.41, 5.74) is 6.99. The molecule has 2 aromatic carbocycles. The van der Waals surface area contributed by atoms with Gasteiger partial charge >= 0.3 is 5.97 Å². The first-order valence-corrected chi connectivity index (χ1v) is 6.04. The van der Waals surface area contributed by atoms with Gasteiger partial charge in [-0.2, -0.15) is 0 Å². The van der Waals surface area contributed by atoms with Crippen molar-refractivity contribution in [2.75, 3.05) is 0 Å². The molecule has 0 fully saturated rings. The quantitative estimate of drug-likeness (QED) is 0.866. The lowest BCUT2D eigenvalue weighted by molar-refractivity contribution is -0.141. The summed E-state index contributed by atoms with van der Waals surface area (Å²) in [7, 11) is 0. The van der Waals surface area contributed by atoms with Gasteiger partial charge in [0.05, 0.1) is 5.92 Å². The lowest BCUT2D eigenvalue weighted by Crippen LogP contribution is -2.35. The van der Waals surface area contributed by atoms with E-state index in [2.05, 4.69) is 12.1 Å². The number of carboxylic acid groups (broad SMARTS) is 1. The normalized spacial score (nSPS) is 14.3. The molecule has 0 aliphatic carbocycles. The molecule has 0 saturated heterocycles. The van der Waals surface area contributed by atoms with Crippen molar-refractivity contribution >= 4 is 16.7 Å². The van der Waals surface area contributed by atoms with E-state index in [1.807, 2.05) is 30.3 Å². The second-order valence-corrected chi connectivity index (χ2v) is 4.68. The van der Waals surface area contributed by atoms with Crippen molar-refractivity contribution in [3.8, 4) is 0 Å². The van der Waals surface area contributed by atoms with E-state index in [1.54, 1.807) is 6.92 Å². The number of nitrogens with two attached hydrogens (primary N) is 1. The van der Waals surface area contributed by atoms with Crippen molar-refractivity contribution < 1.29 is 9.90 Å². The molecule has 18 heavy (non-hydrogen) atoms.